The van der Waals surface area contributed by atoms with Crippen LogP contribution in [0.25, 0.3) is 5.65 Å². The zero-order chi connectivity index (χ0) is 24.9. The average Bonchev–Trinajstić information content (AvgIpc) is 3.51. The third-order valence-electron chi connectivity index (χ3n) is 6.62. The number of carbonyl (C=O) groups excluding carboxylic acids is 2. The van der Waals surface area contributed by atoms with E-state index in [0.29, 0.717) is 30.5 Å². The molecule has 2 aromatic heterocycles. The van der Waals surface area contributed by atoms with E-state index in [0.717, 1.165) is 11.1 Å². The number of fused-ring (bicyclic) bond motifs is 2. The molecule has 1 unspecified atom stereocenters. The van der Waals surface area contributed by atoms with Crippen molar-refractivity contribution in [3.8, 4) is 0 Å². The number of sulfone groups is 1. The molecule has 2 atom stereocenters. The van der Waals surface area contributed by atoms with E-state index in [2.05, 4.69) is 20.7 Å². The topological polar surface area (TPSA) is 160 Å². The van der Waals surface area contributed by atoms with E-state index in [1.807, 2.05) is 0 Å². The molecule has 182 valence electrons. The second-order valence-corrected chi connectivity index (χ2v) is 11.1. The number of amides is 2. The smallest absolute Gasteiger partial charge is 0.335 e. The molecule has 3 N–H and O–H groups in total. The molecule has 2 amide bonds. The number of carboxylic acids is 1. The van der Waals surface area contributed by atoms with Crippen LogP contribution in [0.1, 0.15) is 66.9 Å². The molecular weight excluding hydrogens is 474 g/mol. The summed E-state index contributed by atoms with van der Waals surface area (Å²) in [5, 5.41) is 19.2. The first-order chi connectivity index (χ1) is 16.6. The van der Waals surface area contributed by atoms with Crippen molar-refractivity contribution in [3.63, 3.8) is 0 Å². The number of rotatable bonds is 5. The molecule has 35 heavy (non-hydrogen) atoms. The standard InChI is InChI=1S/C23H23N5O6S/c1-12-14-4-5-17(16(14)3-2-15(12)23(31)32)27-22(30)19-10-18(26-20-6-8-24-28(19)20)21(29)25-13-7-9-35(33,34)11-13/h2-3,6,8,10,13,17H,4-5,7,9,11H2,1H3,(H,25,29)(H,27,30)(H,31,32)/t13?,17-/m0/s1. The molecule has 3 aromatic rings. The zero-order valence-electron chi connectivity index (χ0n) is 18.8. The van der Waals surface area contributed by atoms with E-state index >= 15 is 0 Å². The quantitative estimate of drug-likeness (QED) is 0.472. The first kappa shape index (κ1) is 23.0. The number of hydrogen-bond acceptors (Lipinski definition) is 7. The lowest BCUT2D eigenvalue weighted by molar-refractivity contribution is 0.0695. The Morgan fingerprint density at radius 3 is 2.63 bits per heavy atom. The van der Waals surface area contributed by atoms with Gasteiger partial charge in [0.2, 0.25) is 0 Å². The van der Waals surface area contributed by atoms with Crippen molar-refractivity contribution in [2.24, 2.45) is 0 Å². The fraction of sp³-hybridized carbons (Fsp3) is 0.348. The molecule has 1 aliphatic carbocycles. The molecule has 5 rings (SSSR count). The van der Waals surface area contributed by atoms with E-state index in [1.54, 1.807) is 25.1 Å². The fourth-order valence-electron chi connectivity index (χ4n) is 4.85. The van der Waals surface area contributed by atoms with E-state index in [-0.39, 0.29) is 34.5 Å². The Morgan fingerprint density at radius 1 is 1.11 bits per heavy atom. The first-order valence-electron chi connectivity index (χ1n) is 11.2. The lowest BCUT2D eigenvalue weighted by Gasteiger charge is -2.16. The molecule has 0 bridgehead atoms. The van der Waals surface area contributed by atoms with Crippen molar-refractivity contribution in [1.29, 1.82) is 0 Å². The Hall–Kier alpha value is -3.80. The van der Waals surface area contributed by atoms with Gasteiger partial charge in [-0.1, -0.05) is 6.07 Å². The summed E-state index contributed by atoms with van der Waals surface area (Å²) in [6, 6.07) is 5.36. The van der Waals surface area contributed by atoms with Crippen LogP contribution in [0.5, 0.6) is 0 Å². The second-order valence-electron chi connectivity index (χ2n) is 8.88. The number of aromatic nitrogens is 3. The Morgan fingerprint density at radius 2 is 1.91 bits per heavy atom. The zero-order valence-corrected chi connectivity index (χ0v) is 19.6. The predicted molar refractivity (Wildman–Crippen MR) is 124 cm³/mol. The van der Waals surface area contributed by atoms with Gasteiger partial charge in [-0.15, -0.1) is 0 Å². The Labute approximate surface area is 200 Å². The summed E-state index contributed by atoms with van der Waals surface area (Å²) in [4.78, 5) is 41.8. The molecular formula is C23H23N5O6S. The number of nitrogens with one attached hydrogen (secondary N) is 2. The summed E-state index contributed by atoms with van der Waals surface area (Å²) in [5.74, 6) is -2.11. The lowest BCUT2D eigenvalue weighted by atomic mass is 9.98. The second kappa shape index (κ2) is 8.45. The van der Waals surface area contributed by atoms with Gasteiger partial charge in [0, 0.05) is 18.2 Å². The predicted octanol–water partition coefficient (Wildman–Crippen LogP) is 1.07. The Kier molecular flexibility index (Phi) is 5.55. The maximum Gasteiger partial charge on any atom is 0.335 e. The summed E-state index contributed by atoms with van der Waals surface area (Å²) < 4.78 is 24.7. The summed E-state index contributed by atoms with van der Waals surface area (Å²) >= 11 is 0. The number of carbonyl (C=O) groups is 3. The van der Waals surface area contributed by atoms with Crippen molar-refractivity contribution >= 4 is 33.3 Å². The summed E-state index contributed by atoms with van der Waals surface area (Å²) in [5.41, 5.74) is 3.12. The van der Waals surface area contributed by atoms with Gasteiger partial charge in [-0.2, -0.15) is 5.10 Å². The molecule has 0 spiro atoms. The average molecular weight is 498 g/mol. The molecule has 1 aliphatic heterocycles. The minimum atomic E-state index is -3.17. The number of carboxylic acid groups (broad SMARTS) is 1. The highest BCUT2D eigenvalue weighted by Gasteiger charge is 2.31. The molecule has 1 fully saturated rings. The first-order valence-corrected chi connectivity index (χ1v) is 13.0. The number of nitrogens with zero attached hydrogens (tertiary/aromatic N) is 3. The van der Waals surface area contributed by atoms with Gasteiger partial charge in [-0.3, -0.25) is 9.59 Å². The number of aromatic carboxylic acids is 1. The van der Waals surface area contributed by atoms with Crippen LogP contribution in [-0.2, 0) is 16.3 Å². The lowest BCUT2D eigenvalue weighted by Crippen LogP contribution is -2.36. The molecule has 12 heteroatoms. The van der Waals surface area contributed by atoms with Crippen LogP contribution in [0.2, 0.25) is 0 Å². The van der Waals surface area contributed by atoms with Crippen LogP contribution in [-0.4, -0.2) is 63.5 Å². The summed E-state index contributed by atoms with van der Waals surface area (Å²) in [6.45, 7) is 1.77. The minimum absolute atomic E-state index is 0.0128. The highest BCUT2D eigenvalue weighted by atomic mass is 32.2. The van der Waals surface area contributed by atoms with Crippen molar-refractivity contribution in [3.05, 3.63) is 64.1 Å². The van der Waals surface area contributed by atoms with E-state index < -0.39 is 33.7 Å². The summed E-state index contributed by atoms with van der Waals surface area (Å²) in [6.07, 6.45) is 3.05. The SMILES string of the molecule is Cc1c(C(=O)O)ccc2c1CC[C@@H]2NC(=O)c1cc(C(=O)NC2CCS(=O)(=O)C2)nc2ccnn12. The third-order valence-corrected chi connectivity index (χ3v) is 8.39. The molecule has 0 radical (unpaired) electrons. The Balaban J connectivity index is 1.40. The van der Waals surface area contributed by atoms with Gasteiger partial charge in [-0.25, -0.2) is 22.7 Å². The largest absolute Gasteiger partial charge is 0.478 e. The van der Waals surface area contributed by atoms with Crippen molar-refractivity contribution in [1.82, 2.24) is 25.2 Å². The number of benzene rings is 1. The maximum atomic E-state index is 13.3. The van der Waals surface area contributed by atoms with Gasteiger partial charge in [-0.05, 0) is 48.9 Å². The van der Waals surface area contributed by atoms with Crippen LogP contribution in [0.3, 0.4) is 0 Å². The maximum absolute atomic E-state index is 13.3. The highest BCUT2D eigenvalue weighted by Crippen LogP contribution is 2.35. The Bertz CT molecular complexity index is 1500. The van der Waals surface area contributed by atoms with Crippen LogP contribution < -0.4 is 10.6 Å². The van der Waals surface area contributed by atoms with Gasteiger partial charge in [0.25, 0.3) is 11.8 Å². The van der Waals surface area contributed by atoms with Gasteiger partial charge in [0.05, 0.1) is 29.3 Å². The van der Waals surface area contributed by atoms with Gasteiger partial charge in [0.15, 0.2) is 15.5 Å². The van der Waals surface area contributed by atoms with E-state index in [4.69, 9.17) is 0 Å². The number of hydrogen-bond donors (Lipinski definition) is 3. The molecule has 1 saturated heterocycles. The third kappa shape index (κ3) is 4.25. The molecule has 0 saturated carbocycles. The van der Waals surface area contributed by atoms with Crippen molar-refractivity contribution < 1.29 is 27.9 Å². The van der Waals surface area contributed by atoms with Gasteiger partial charge >= 0.3 is 5.97 Å². The fourth-order valence-corrected chi connectivity index (χ4v) is 6.53. The minimum Gasteiger partial charge on any atom is -0.478 e. The van der Waals surface area contributed by atoms with E-state index in [9.17, 15) is 27.9 Å². The van der Waals surface area contributed by atoms with Gasteiger partial charge < -0.3 is 15.7 Å². The molecule has 11 nitrogen and oxygen atoms in total. The highest BCUT2D eigenvalue weighted by molar-refractivity contribution is 7.91. The monoisotopic (exact) mass is 497 g/mol. The summed E-state index contributed by atoms with van der Waals surface area (Å²) in [7, 11) is -3.17. The molecule has 3 heterocycles. The molecule has 2 aliphatic rings. The van der Waals surface area contributed by atoms with Crippen molar-refractivity contribution in [2.45, 2.75) is 38.3 Å². The van der Waals surface area contributed by atoms with E-state index in [1.165, 1.54) is 16.8 Å². The van der Waals surface area contributed by atoms with Crippen LogP contribution in [0.4, 0.5) is 0 Å². The van der Waals surface area contributed by atoms with Crippen LogP contribution in [0.15, 0.2) is 30.5 Å². The van der Waals surface area contributed by atoms with Gasteiger partial charge in [0.1, 0.15) is 11.4 Å². The van der Waals surface area contributed by atoms with Crippen LogP contribution in [0, 0.1) is 6.92 Å². The normalized spacial score (nSPS) is 20.5. The van der Waals surface area contributed by atoms with Crippen molar-refractivity contribution in [2.75, 3.05) is 11.5 Å². The van der Waals surface area contributed by atoms with Crippen LogP contribution >= 0.6 is 0 Å². The molecule has 1 aromatic carbocycles.